The summed E-state index contributed by atoms with van der Waals surface area (Å²) < 4.78 is 8.44. The Morgan fingerprint density at radius 1 is 1.48 bits per heavy atom. The number of rotatable bonds is 5. The molecule has 0 saturated heterocycles. The van der Waals surface area contributed by atoms with Crippen molar-refractivity contribution >= 4 is 39.1 Å². The number of hydrogen-bond acceptors (Lipinski definition) is 7. The zero-order valence-corrected chi connectivity index (χ0v) is 14.0. The lowest BCUT2D eigenvalue weighted by atomic mass is 10.4. The first kappa shape index (κ1) is 15.5. The van der Waals surface area contributed by atoms with E-state index >= 15 is 0 Å². The Kier molecular flexibility index (Phi) is 4.03. The van der Waals surface area contributed by atoms with Gasteiger partial charge in [-0.3, -0.25) is 14.0 Å². The molecule has 3 heterocycles. The van der Waals surface area contributed by atoms with Crippen LogP contribution in [0.5, 0.6) is 0 Å². The third-order valence-electron chi connectivity index (χ3n) is 3.57. The summed E-state index contributed by atoms with van der Waals surface area (Å²) in [5.41, 5.74) is 2.56. The van der Waals surface area contributed by atoms with Crippen molar-refractivity contribution in [2.45, 2.75) is 19.9 Å². The summed E-state index contributed by atoms with van der Waals surface area (Å²) in [5.74, 6) is 0.0609. The Labute approximate surface area is 135 Å². The van der Waals surface area contributed by atoms with Gasteiger partial charge in [-0.2, -0.15) is 0 Å². The van der Waals surface area contributed by atoms with Gasteiger partial charge in [0.25, 0.3) is 5.56 Å². The smallest absolute Gasteiger partial charge is 0.327 e. The molecule has 3 aromatic rings. The Bertz CT molecular complexity index is 926. The van der Waals surface area contributed by atoms with E-state index in [9.17, 15) is 9.59 Å². The third kappa shape index (κ3) is 2.56. The van der Waals surface area contributed by atoms with Gasteiger partial charge in [0.05, 0.1) is 17.3 Å². The van der Waals surface area contributed by atoms with E-state index in [2.05, 4.69) is 21.7 Å². The molecule has 0 aliphatic heterocycles. The maximum absolute atomic E-state index is 12.6. The van der Waals surface area contributed by atoms with Crippen LogP contribution in [0.1, 0.15) is 13.3 Å². The van der Waals surface area contributed by atoms with Crippen molar-refractivity contribution in [3.63, 3.8) is 0 Å². The average molecular weight is 335 g/mol. The minimum Gasteiger partial charge on any atom is -0.468 e. The first-order valence-corrected chi connectivity index (χ1v) is 8.08. The highest BCUT2D eigenvalue weighted by Gasteiger charge is 2.19. The standard InChI is InChI=1S/C14H17N5O3S/c1-4-5-17(2)14-16-18(7-11(20)22-3)13(21)9-6-10-12(19(9)14)15-8-23-10/h6,8H,4-5,7H2,1-3H3. The maximum Gasteiger partial charge on any atom is 0.327 e. The zero-order valence-electron chi connectivity index (χ0n) is 13.1. The van der Waals surface area contributed by atoms with Gasteiger partial charge < -0.3 is 9.64 Å². The number of esters is 1. The molecule has 3 rings (SSSR count). The van der Waals surface area contributed by atoms with Crippen LogP contribution in [0.3, 0.4) is 0 Å². The van der Waals surface area contributed by atoms with E-state index in [-0.39, 0.29) is 12.1 Å². The van der Waals surface area contributed by atoms with E-state index in [4.69, 9.17) is 0 Å². The Morgan fingerprint density at radius 2 is 2.26 bits per heavy atom. The molecule has 0 amide bonds. The van der Waals surface area contributed by atoms with Gasteiger partial charge in [0, 0.05) is 13.6 Å². The van der Waals surface area contributed by atoms with E-state index in [1.165, 1.54) is 18.4 Å². The summed E-state index contributed by atoms with van der Waals surface area (Å²) in [6.07, 6.45) is 0.928. The fraction of sp³-hybridized carbons (Fsp3) is 0.429. The molecule has 8 nitrogen and oxygen atoms in total. The van der Waals surface area contributed by atoms with E-state index < -0.39 is 5.97 Å². The lowest BCUT2D eigenvalue weighted by Crippen LogP contribution is -2.33. The summed E-state index contributed by atoms with van der Waals surface area (Å²) in [4.78, 5) is 30.4. The van der Waals surface area contributed by atoms with Gasteiger partial charge in [0.1, 0.15) is 12.1 Å². The number of methoxy groups -OCH3 is 1. The number of nitrogens with zero attached hydrogens (tertiary/aromatic N) is 5. The molecule has 0 spiro atoms. The van der Waals surface area contributed by atoms with Crippen molar-refractivity contribution in [1.82, 2.24) is 19.2 Å². The van der Waals surface area contributed by atoms with Crippen molar-refractivity contribution in [2.24, 2.45) is 0 Å². The van der Waals surface area contributed by atoms with E-state index in [0.29, 0.717) is 17.1 Å². The molecule has 122 valence electrons. The molecule has 9 heteroatoms. The lowest BCUT2D eigenvalue weighted by Gasteiger charge is -2.19. The molecule has 0 atom stereocenters. The van der Waals surface area contributed by atoms with Gasteiger partial charge in [-0.25, -0.2) is 9.67 Å². The minimum atomic E-state index is -0.514. The predicted molar refractivity (Wildman–Crippen MR) is 88.2 cm³/mol. The van der Waals surface area contributed by atoms with Crippen molar-refractivity contribution in [1.29, 1.82) is 0 Å². The summed E-state index contributed by atoms with van der Waals surface area (Å²) in [6, 6.07) is 1.79. The van der Waals surface area contributed by atoms with Crippen molar-refractivity contribution in [3.8, 4) is 0 Å². The Hall–Kier alpha value is -2.42. The van der Waals surface area contributed by atoms with Crippen LogP contribution in [0.25, 0.3) is 15.9 Å². The molecule has 23 heavy (non-hydrogen) atoms. The van der Waals surface area contributed by atoms with E-state index in [1.807, 2.05) is 11.9 Å². The Morgan fingerprint density at radius 3 is 2.96 bits per heavy atom. The van der Waals surface area contributed by atoms with Gasteiger partial charge in [-0.05, 0) is 12.5 Å². The van der Waals surface area contributed by atoms with Gasteiger partial charge >= 0.3 is 5.97 Å². The molecule has 0 fully saturated rings. The number of thiazole rings is 1. The van der Waals surface area contributed by atoms with Gasteiger partial charge in [-0.15, -0.1) is 16.4 Å². The van der Waals surface area contributed by atoms with Crippen molar-refractivity contribution in [3.05, 3.63) is 21.9 Å². The normalized spacial score (nSPS) is 11.3. The van der Waals surface area contributed by atoms with E-state index in [0.717, 1.165) is 22.3 Å². The van der Waals surface area contributed by atoms with Crippen LogP contribution in [-0.4, -0.2) is 45.8 Å². The zero-order chi connectivity index (χ0) is 16.6. The van der Waals surface area contributed by atoms with Crippen LogP contribution >= 0.6 is 11.3 Å². The van der Waals surface area contributed by atoms with E-state index in [1.54, 1.807) is 16.0 Å². The molecular formula is C14H17N5O3S. The molecule has 0 aliphatic carbocycles. The van der Waals surface area contributed by atoms with Crippen LogP contribution < -0.4 is 10.5 Å². The fourth-order valence-corrected chi connectivity index (χ4v) is 3.18. The SMILES string of the molecule is CCCN(C)c1nn(CC(=O)OC)c(=O)c2cc3scnc3n12. The molecule has 3 aromatic heterocycles. The number of anilines is 1. The van der Waals surface area contributed by atoms with Crippen LogP contribution in [0.2, 0.25) is 0 Å². The quantitative estimate of drug-likeness (QED) is 0.650. The lowest BCUT2D eigenvalue weighted by molar-refractivity contribution is -0.141. The summed E-state index contributed by atoms with van der Waals surface area (Å²) >= 11 is 1.46. The highest BCUT2D eigenvalue weighted by atomic mass is 32.1. The van der Waals surface area contributed by atoms with Crippen LogP contribution in [-0.2, 0) is 16.1 Å². The van der Waals surface area contributed by atoms with Gasteiger partial charge in [0.15, 0.2) is 5.65 Å². The maximum atomic E-state index is 12.6. The molecule has 0 saturated carbocycles. The number of fused-ring (bicyclic) bond motifs is 3. The van der Waals surface area contributed by atoms with Crippen LogP contribution in [0, 0.1) is 0 Å². The van der Waals surface area contributed by atoms with Gasteiger partial charge in [-0.1, -0.05) is 6.92 Å². The second-order valence-corrected chi connectivity index (χ2v) is 6.05. The van der Waals surface area contributed by atoms with Crippen LogP contribution in [0.4, 0.5) is 5.95 Å². The molecule has 0 unspecified atom stereocenters. The molecule has 0 N–H and O–H groups in total. The minimum absolute atomic E-state index is 0.217. The summed E-state index contributed by atoms with van der Waals surface area (Å²) in [6.45, 7) is 2.61. The topological polar surface area (TPSA) is 81.7 Å². The molecule has 0 radical (unpaired) electrons. The number of carbonyl (C=O) groups is 1. The van der Waals surface area contributed by atoms with Crippen molar-refractivity contribution < 1.29 is 9.53 Å². The number of aromatic nitrogens is 4. The molecule has 0 aromatic carbocycles. The molecule has 0 bridgehead atoms. The predicted octanol–water partition coefficient (Wildman–Crippen LogP) is 1.12. The first-order valence-electron chi connectivity index (χ1n) is 7.20. The van der Waals surface area contributed by atoms with Crippen molar-refractivity contribution in [2.75, 3.05) is 25.6 Å². The average Bonchev–Trinajstić information content (AvgIpc) is 3.11. The summed E-state index contributed by atoms with van der Waals surface area (Å²) in [5, 5.41) is 4.37. The van der Waals surface area contributed by atoms with Gasteiger partial charge in [0.2, 0.25) is 5.95 Å². The highest BCUT2D eigenvalue weighted by molar-refractivity contribution is 7.16. The largest absolute Gasteiger partial charge is 0.468 e. The Balaban J connectivity index is 2.29. The highest BCUT2D eigenvalue weighted by Crippen LogP contribution is 2.24. The molecular weight excluding hydrogens is 318 g/mol. The number of hydrogen-bond donors (Lipinski definition) is 0. The number of ether oxygens (including phenoxy) is 1. The second-order valence-electron chi connectivity index (χ2n) is 5.17. The van der Waals surface area contributed by atoms with Crippen LogP contribution in [0.15, 0.2) is 16.4 Å². The first-order chi connectivity index (χ1) is 11.1. The fourth-order valence-electron chi connectivity index (χ4n) is 2.49. The summed E-state index contributed by atoms with van der Waals surface area (Å²) in [7, 11) is 3.18. The number of carbonyl (C=O) groups excluding carboxylic acids is 1. The second kappa shape index (κ2) is 5.99. The monoisotopic (exact) mass is 335 g/mol. The molecule has 0 aliphatic rings. The third-order valence-corrected chi connectivity index (χ3v) is 4.33.